The third-order valence-electron chi connectivity index (χ3n) is 3.47. The molecule has 0 spiro atoms. The summed E-state index contributed by atoms with van der Waals surface area (Å²) in [4.78, 5) is 0. The van der Waals surface area contributed by atoms with Crippen molar-refractivity contribution in [2.75, 3.05) is 7.05 Å². The average Bonchev–Trinajstić information content (AvgIpc) is 3.01. The van der Waals surface area contributed by atoms with Crippen molar-refractivity contribution in [2.45, 2.75) is 31.2 Å². The fraction of sp³-hybridized carbons (Fsp3) is 0.429. The summed E-state index contributed by atoms with van der Waals surface area (Å²) >= 11 is 0. The van der Waals surface area contributed by atoms with E-state index in [9.17, 15) is 0 Å². The molecule has 80 valence electrons. The zero-order chi connectivity index (χ0) is 10.9. The first-order valence-corrected chi connectivity index (χ1v) is 5.59. The molecular weight excluding hydrogens is 182 g/mol. The first-order valence-electron chi connectivity index (χ1n) is 5.59. The van der Waals surface area contributed by atoms with Gasteiger partial charge in [-0.15, -0.1) is 0 Å². The molecule has 1 N–H and O–H groups in total. The Balaban J connectivity index is 2.31. The quantitative estimate of drug-likeness (QED) is 0.739. The van der Waals surface area contributed by atoms with Gasteiger partial charge in [0.15, 0.2) is 0 Å². The topological polar surface area (TPSA) is 12.0 Å². The summed E-state index contributed by atoms with van der Waals surface area (Å²) in [6.45, 7) is 6.21. The van der Waals surface area contributed by atoms with Gasteiger partial charge in [-0.1, -0.05) is 42.5 Å². The third-order valence-corrected chi connectivity index (χ3v) is 3.47. The van der Waals surface area contributed by atoms with E-state index >= 15 is 0 Å². The van der Waals surface area contributed by atoms with Gasteiger partial charge in [0.1, 0.15) is 0 Å². The Kier molecular flexibility index (Phi) is 2.66. The van der Waals surface area contributed by atoms with Crippen LogP contribution in [-0.2, 0) is 5.41 Å². The lowest BCUT2D eigenvalue weighted by Gasteiger charge is -2.27. The Morgan fingerprint density at radius 1 is 1.33 bits per heavy atom. The van der Waals surface area contributed by atoms with Crippen molar-refractivity contribution >= 4 is 0 Å². The van der Waals surface area contributed by atoms with E-state index in [2.05, 4.69) is 49.2 Å². The van der Waals surface area contributed by atoms with Crippen LogP contribution in [0.5, 0.6) is 0 Å². The summed E-state index contributed by atoms with van der Waals surface area (Å²) < 4.78 is 0. The number of rotatable bonds is 4. The van der Waals surface area contributed by atoms with Crippen molar-refractivity contribution in [3.8, 4) is 0 Å². The van der Waals surface area contributed by atoms with E-state index in [1.165, 1.54) is 24.0 Å². The maximum atomic E-state index is 4.10. The molecule has 1 heteroatoms. The lowest BCUT2D eigenvalue weighted by atomic mass is 9.85. The summed E-state index contributed by atoms with van der Waals surface area (Å²) in [5.74, 6) is 0. The predicted molar refractivity (Wildman–Crippen MR) is 65.0 cm³/mol. The van der Waals surface area contributed by atoms with Crippen molar-refractivity contribution < 1.29 is 0 Å². The lowest BCUT2D eigenvalue weighted by Crippen LogP contribution is -2.38. The van der Waals surface area contributed by atoms with Crippen LogP contribution in [0.3, 0.4) is 0 Å². The van der Waals surface area contributed by atoms with Gasteiger partial charge in [0, 0.05) is 11.5 Å². The molecule has 1 aliphatic rings. The zero-order valence-electron chi connectivity index (χ0n) is 9.59. The Morgan fingerprint density at radius 3 is 2.33 bits per heavy atom. The molecule has 0 saturated heterocycles. The van der Waals surface area contributed by atoms with Crippen molar-refractivity contribution in [1.82, 2.24) is 5.32 Å². The van der Waals surface area contributed by atoms with Crippen LogP contribution >= 0.6 is 0 Å². The highest BCUT2D eigenvalue weighted by atomic mass is 14.9. The Bertz CT molecular complexity index is 349. The molecule has 1 nitrogen and oxygen atoms in total. The normalized spacial score (nSPS) is 19.6. The summed E-state index contributed by atoms with van der Waals surface area (Å²) in [6, 6.07) is 11.2. The largest absolute Gasteiger partial charge is 0.313 e. The summed E-state index contributed by atoms with van der Waals surface area (Å²) in [7, 11) is 2.03. The van der Waals surface area contributed by atoms with Gasteiger partial charge in [-0.25, -0.2) is 0 Å². The molecule has 1 fully saturated rings. The van der Waals surface area contributed by atoms with E-state index in [0.29, 0.717) is 11.5 Å². The van der Waals surface area contributed by atoms with E-state index in [1.54, 1.807) is 0 Å². The Morgan fingerprint density at radius 2 is 1.93 bits per heavy atom. The molecule has 1 aromatic carbocycles. The van der Waals surface area contributed by atoms with Gasteiger partial charge in [-0.2, -0.15) is 0 Å². The minimum atomic E-state index is 0.321. The maximum absolute atomic E-state index is 4.10. The van der Waals surface area contributed by atoms with Crippen LogP contribution < -0.4 is 5.32 Å². The second-order valence-corrected chi connectivity index (χ2v) is 4.59. The molecule has 0 bridgehead atoms. The van der Waals surface area contributed by atoms with Gasteiger partial charge in [0.05, 0.1) is 0 Å². The number of likely N-dealkylation sites (N-methyl/N-ethyl adjacent to an activating group) is 1. The molecule has 1 aliphatic carbocycles. The molecule has 0 aromatic heterocycles. The number of hydrogen-bond donors (Lipinski definition) is 1. The summed E-state index contributed by atoms with van der Waals surface area (Å²) in [6.07, 6.45) is 2.55. The average molecular weight is 201 g/mol. The molecular formula is C14H19N. The Labute approximate surface area is 92.2 Å². The molecule has 1 atom stereocenters. The van der Waals surface area contributed by atoms with Crippen LogP contribution in [0.25, 0.3) is 0 Å². The van der Waals surface area contributed by atoms with Gasteiger partial charge in [-0.05, 0) is 32.4 Å². The van der Waals surface area contributed by atoms with Crippen molar-refractivity contribution in [2.24, 2.45) is 0 Å². The summed E-state index contributed by atoms with van der Waals surface area (Å²) in [5.41, 5.74) is 3.01. The molecule has 0 amide bonds. The molecule has 0 heterocycles. The zero-order valence-corrected chi connectivity index (χ0v) is 9.59. The highest BCUT2D eigenvalue weighted by molar-refractivity contribution is 5.37. The minimum absolute atomic E-state index is 0.321. The molecule has 15 heavy (non-hydrogen) atoms. The van der Waals surface area contributed by atoms with Gasteiger partial charge in [0.25, 0.3) is 0 Å². The molecule has 0 aliphatic heterocycles. The predicted octanol–water partition coefficient (Wildman–Crippen LogP) is 2.88. The number of hydrogen-bond acceptors (Lipinski definition) is 1. The van der Waals surface area contributed by atoms with Crippen LogP contribution in [0.4, 0.5) is 0 Å². The smallest absolute Gasteiger partial charge is 0.0369 e. The van der Waals surface area contributed by atoms with Gasteiger partial charge < -0.3 is 5.32 Å². The second kappa shape index (κ2) is 3.82. The SMILES string of the molecule is C=C(C)C(NC)C1(c2ccccc2)CC1. The van der Waals surface area contributed by atoms with Crippen molar-refractivity contribution in [3.63, 3.8) is 0 Å². The van der Waals surface area contributed by atoms with Crippen LogP contribution in [-0.4, -0.2) is 13.1 Å². The lowest BCUT2D eigenvalue weighted by molar-refractivity contribution is 0.501. The first kappa shape index (κ1) is 10.4. The van der Waals surface area contributed by atoms with Crippen molar-refractivity contribution in [3.05, 3.63) is 48.0 Å². The van der Waals surface area contributed by atoms with E-state index in [1.807, 2.05) is 7.05 Å². The monoisotopic (exact) mass is 201 g/mol. The maximum Gasteiger partial charge on any atom is 0.0369 e. The van der Waals surface area contributed by atoms with E-state index in [0.717, 1.165) is 0 Å². The molecule has 1 saturated carbocycles. The Hall–Kier alpha value is -1.08. The van der Waals surface area contributed by atoms with Crippen molar-refractivity contribution in [1.29, 1.82) is 0 Å². The number of benzene rings is 1. The highest BCUT2D eigenvalue weighted by Gasteiger charge is 2.50. The van der Waals surface area contributed by atoms with Gasteiger partial charge in [0.2, 0.25) is 0 Å². The molecule has 1 aromatic rings. The molecule has 1 unspecified atom stereocenters. The highest BCUT2D eigenvalue weighted by Crippen LogP contribution is 2.52. The van der Waals surface area contributed by atoms with E-state index in [-0.39, 0.29) is 0 Å². The van der Waals surface area contributed by atoms with Crippen LogP contribution in [0.15, 0.2) is 42.5 Å². The number of nitrogens with one attached hydrogen (secondary N) is 1. The van der Waals surface area contributed by atoms with E-state index in [4.69, 9.17) is 0 Å². The third kappa shape index (κ3) is 1.72. The first-order chi connectivity index (χ1) is 7.20. The standard InChI is InChI=1S/C14H19N/c1-11(2)13(15-3)14(9-10-14)12-7-5-4-6-8-12/h4-8,13,15H,1,9-10H2,2-3H3. The molecule has 0 radical (unpaired) electrons. The fourth-order valence-corrected chi connectivity index (χ4v) is 2.64. The van der Waals surface area contributed by atoms with Gasteiger partial charge in [-0.3, -0.25) is 0 Å². The fourth-order valence-electron chi connectivity index (χ4n) is 2.64. The van der Waals surface area contributed by atoms with Crippen LogP contribution in [0.1, 0.15) is 25.3 Å². The molecule has 2 rings (SSSR count). The van der Waals surface area contributed by atoms with Crippen LogP contribution in [0, 0.1) is 0 Å². The van der Waals surface area contributed by atoms with Crippen LogP contribution in [0.2, 0.25) is 0 Å². The minimum Gasteiger partial charge on any atom is -0.313 e. The van der Waals surface area contributed by atoms with E-state index < -0.39 is 0 Å². The van der Waals surface area contributed by atoms with Gasteiger partial charge >= 0.3 is 0 Å². The summed E-state index contributed by atoms with van der Waals surface area (Å²) in [5, 5.41) is 3.40. The second-order valence-electron chi connectivity index (χ2n) is 4.59.